The average molecular weight is 227 g/mol. The third-order valence-electron chi connectivity index (χ3n) is 1.70. The fourth-order valence-corrected chi connectivity index (χ4v) is 0.440. The van der Waals surface area contributed by atoms with Crippen LogP contribution in [0.4, 0.5) is 0 Å². The summed E-state index contributed by atoms with van der Waals surface area (Å²) in [6.07, 6.45) is 4.01. The summed E-state index contributed by atoms with van der Waals surface area (Å²) in [7, 11) is 1.79. The van der Waals surface area contributed by atoms with Gasteiger partial charge in [-0.05, 0) is 32.9 Å². The lowest BCUT2D eigenvalue weighted by Crippen LogP contribution is -1.98. The SMILES string of the molecule is C=C(C)CCC=NC.CC.CC(=O)C(C)C. The predicted octanol–water partition coefficient (Wildman–Crippen LogP) is 4.30. The molecule has 0 unspecified atom stereocenters. The van der Waals surface area contributed by atoms with Crippen LogP contribution in [-0.4, -0.2) is 19.0 Å². The van der Waals surface area contributed by atoms with E-state index < -0.39 is 0 Å². The predicted molar refractivity (Wildman–Crippen MR) is 75.3 cm³/mol. The van der Waals surface area contributed by atoms with E-state index in [9.17, 15) is 4.79 Å². The van der Waals surface area contributed by atoms with E-state index in [4.69, 9.17) is 0 Å². The minimum atomic E-state index is 0.213. The van der Waals surface area contributed by atoms with Crippen molar-refractivity contribution in [1.29, 1.82) is 0 Å². The standard InChI is InChI=1S/C7H13N.C5H10O.C2H6/c1-7(2)5-4-6-8-3;1-4(2)5(3)6;1-2/h6H,1,4-5H2,2-3H3;4H,1-3H3;1-2H3. The number of nitrogens with zero attached hydrogens (tertiary/aromatic N) is 1. The maximum absolute atomic E-state index is 10.1. The summed E-state index contributed by atoms with van der Waals surface area (Å²) in [6.45, 7) is 15.2. The van der Waals surface area contributed by atoms with Crippen LogP contribution < -0.4 is 0 Å². The van der Waals surface area contributed by atoms with Crippen LogP contribution >= 0.6 is 0 Å². The molecule has 0 radical (unpaired) electrons. The highest BCUT2D eigenvalue weighted by molar-refractivity contribution is 5.77. The van der Waals surface area contributed by atoms with Crippen molar-refractivity contribution >= 4 is 12.0 Å². The van der Waals surface area contributed by atoms with Crippen molar-refractivity contribution in [1.82, 2.24) is 0 Å². The summed E-state index contributed by atoms with van der Waals surface area (Å²) in [6, 6.07) is 0. The van der Waals surface area contributed by atoms with Crippen LogP contribution in [0.2, 0.25) is 0 Å². The summed E-state index contributed by atoms with van der Waals surface area (Å²) in [5.74, 6) is 0.472. The third kappa shape index (κ3) is 29.2. The molecule has 0 fully saturated rings. The highest BCUT2D eigenvalue weighted by Crippen LogP contribution is 1.96. The maximum Gasteiger partial charge on any atom is 0.132 e. The monoisotopic (exact) mass is 227 g/mol. The molecule has 0 saturated heterocycles. The Morgan fingerprint density at radius 1 is 1.31 bits per heavy atom. The first-order valence-electron chi connectivity index (χ1n) is 5.97. The molecule has 0 N–H and O–H groups in total. The van der Waals surface area contributed by atoms with E-state index >= 15 is 0 Å². The van der Waals surface area contributed by atoms with Gasteiger partial charge in [-0.3, -0.25) is 4.79 Å². The number of allylic oxidation sites excluding steroid dienone is 1. The molecule has 2 nitrogen and oxygen atoms in total. The molecule has 0 aromatic heterocycles. The third-order valence-corrected chi connectivity index (χ3v) is 1.70. The van der Waals surface area contributed by atoms with Gasteiger partial charge in [-0.15, -0.1) is 6.58 Å². The molecule has 16 heavy (non-hydrogen) atoms. The molecule has 0 bridgehead atoms. The molecule has 0 saturated carbocycles. The van der Waals surface area contributed by atoms with Crippen molar-refractivity contribution in [3.05, 3.63) is 12.2 Å². The lowest BCUT2D eigenvalue weighted by molar-refractivity contribution is -0.119. The number of rotatable bonds is 4. The average Bonchev–Trinajstić information content (AvgIpc) is 2.21. The van der Waals surface area contributed by atoms with Crippen molar-refractivity contribution in [3.8, 4) is 0 Å². The second kappa shape index (κ2) is 16.5. The van der Waals surface area contributed by atoms with Crippen molar-refractivity contribution in [2.75, 3.05) is 7.05 Å². The van der Waals surface area contributed by atoms with Crippen LogP contribution in [0.25, 0.3) is 0 Å². The smallest absolute Gasteiger partial charge is 0.132 e. The number of Topliss-reactive ketones (excluding diaryl/α,β-unsaturated/α-hetero) is 1. The Balaban J connectivity index is -0.000000188. The van der Waals surface area contributed by atoms with Crippen molar-refractivity contribution < 1.29 is 4.79 Å². The Morgan fingerprint density at radius 2 is 1.69 bits per heavy atom. The van der Waals surface area contributed by atoms with Gasteiger partial charge in [-0.1, -0.05) is 33.3 Å². The fraction of sp³-hybridized carbons (Fsp3) is 0.714. The van der Waals surface area contributed by atoms with Gasteiger partial charge in [0.05, 0.1) is 0 Å². The normalized spacial score (nSPS) is 9.00. The van der Waals surface area contributed by atoms with Gasteiger partial charge in [0, 0.05) is 13.0 Å². The topological polar surface area (TPSA) is 29.4 Å². The van der Waals surface area contributed by atoms with E-state index in [0.717, 1.165) is 12.8 Å². The number of ketones is 1. The molecule has 2 heteroatoms. The van der Waals surface area contributed by atoms with Crippen LogP contribution in [0.1, 0.15) is 54.4 Å². The van der Waals surface area contributed by atoms with Crippen LogP contribution in [0.3, 0.4) is 0 Å². The molecular formula is C14H29NO. The van der Waals surface area contributed by atoms with Crippen LogP contribution in [0.15, 0.2) is 17.1 Å². The first-order chi connectivity index (χ1) is 7.41. The second-order valence-corrected chi connectivity index (χ2v) is 3.70. The Hall–Kier alpha value is -0.920. The molecule has 0 aliphatic heterocycles. The number of hydrogen-bond donors (Lipinski definition) is 0. The fourth-order valence-electron chi connectivity index (χ4n) is 0.440. The summed E-state index contributed by atoms with van der Waals surface area (Å²) in [5.41, 5.74) is 1.23. The molecule has 0 heterocycles. The van der Waals surface area contributed by atoms with E-state index in [0.29, 0.717) is 0 Å². The summed E-state index contributed by atoms with van der Waals surface area (Å²) < 4.78 is 0. The van der Waals surface area contributed by atoms with E-state index in [1.54, 1.807) is 14.0 Å². The van der Waals surface area contributed by atoms with Crippen LogP contribution in [0.5, 0.6) is 0 Å². The summed E-state index contributed by atoms with van der Waals surface area (Å²) in [5, 5.41) is 0. The summed E-state index contributed by atoms with van der Waals surface area (Å²) >= 11 is 0. The molecule has 0 rings (SSSR count). The van der Waals surface area contributed by atoms with Crippen molar-refractivity contribution in [2.24, 2.45) is 10.9 Å². The highest BCUT2D eigenvalue weighted by atomic mass is 16.1. The molecule has 96 valence electrons. The first kappa shape index (κ1) is 20.5. The van der Waals surface area contributed by atoms with E-state index in [2.05, 4.69) is 11.6 Å². The molecular weight excluding hydrogens is 198 g/mol. The zero-order chi connectivity index (χ0) is 13.6. The zero-order valence-electron chi connectivity index (χ0n) is 12.1. The summed E-state index contributed by atoms with van der Waals surface area (Å²) in [4.78, 5) is 14.0. The molecule has 0 aromatic rings. The van der Waals surface area contributed by atoms with Gasteiger partial charge in [0.25, 0.3) is 0 Å². The van der Waals surface area contributed by atoms with Gasteiger partial charge < -0.3 is 4.99 Å². The van der Waals surface area contributed by atoms with Crippen LogP contribution in [-0.2, 0) is 4.79 Å². The van der Waals surface area contributed by atoms with Gasteiger partial charge in [0.1, 0.15) is 5.78 Å². The maximum atomic E-state index is 10.1. The second-order valence-electron chi connectivity index (χ2n) is 3.70. The number of carbonyl (C=O) groups is 1. The van der Waals surface area contributed by atoms with Gasteiger partial charge >= 0.3 is 0 Å². The minimum Gasteiger partial charge on any atom is -0.301 e. The molecule has 0 spiro atoms. The van der Waals surface area contributed by atoms with Gasteiger partial charge in [-0.25, -0.2) is 0 Å². The van der Waals surface area contributed by atoms with E-state index in [-0.39, 0.29) is 11.7 Å². The molecule has 0 atom stereocenters. The van der Waals surface area contributed by atoms with Gasteiger partial charge in [-0.2, -0.15) is 0 Å². The molecule has 0 aliphatic rings. The highest BCUT2D eigenvalue weighted by Gasteiger charge is 1.95. The number of aliphatic imine (C=N–C) groups is 1. The van der Waals surface area contributed by atoms with Crippen molar-refractivity contribution in [3.63, 3.8) is 0 Å². The first-order valence-corrected chi connectivity index (χ1v) is 5.97. The van der Waals surface area contributed by atoms with Gasteiger partial charge in [0.2, 0.25) is 0 Å². The van der Waals surface area contributed by atoms with Crippen LogP contribution in [0, 0.1) is 5.92 Å². The Morgan fingerprint density at radius 3 is 1.88 bits per heavy atom. The molecule has 0 aromatic carbocycles. The minimum absolute atomic E-state index is 0.213. The molecule has 0 aliphatic carbocycles. The lowest BCUT2D eigenvalue weighted by Gasteiger charge is -1.90. The molecule has 0 amide bonds. The Bertz CT molecular complexity index is 193. The van der Waals surface area contributed by atoms with Gasteiger partial charge in [0.15, 0.2) is 0 Å². The largest absolute Gasteiger partial charge is 0.301 e. The number of hydrogen-bond acceptors (Lipinski definition) is 2. The van der Waals surface area contributed by atoms with E-state index in [1.807, 2.05) is 40.8 Å². The lowest BCUT2D eigenvalue weighted by atomic mass is 10.1. The quantitative estimate of drug-likeness (QED) is 0.520. The Kier molecular flexibility index (Phi) is 21.1. The number of carbonyl (C=O) groups excluding carboxylic acids is 1. The zero-order valence-corrected chi connectivity index (χ0v) is 12.1. The van der Waals surface area contributed by atoms with E-state index in [1.165, 1.54) is 5.57 Å². The van der Waals surface area contributed by atoms with Crippen molar-refractivity contribution in [2.45, 2.75) is 54.4 Å². The Labute approximate surface area is 102 Å².